The summed E-state index contributed by atoms with van der Waals surface area (Å²) in [6.45, 7) is 4.27. The number of hydrogen-bond donors (Lipinski definition) is 2. The van der Waals surface area contributed by atoms with Crippen LogP contribution in [0.3, 0.4) is 0 Å². The fourth-order valence-electron chi connectivity index (χ4n) is 4.48. The number of carbonyl (C=O) groups is 2. The van der Waals surface area contributed by atoms with E-state index in [1.54, 1.807) is 15.6 Å². The Balaban J connectivity index is 1.34. The SMILES string of the molecule is Cc1cc(CNC(=O)c2cscn2)ccc1C(=O)NC(C)c1cc(-c2cnn(C)c2)cc2ccccc12. The molecule has 1 unspecified atom stereocenters. The zero-order valence-corrected chi connectivity index (χ0v) is 21.7. The highest BCUT2D eigenvalue weighted by Gasteiger charge is 2.17. The summed E-state index contributed by atoms with van der Waals surface area (Å²) in [4.78, 5) is 29.5. The molecule has 2 amide bonds. The van der Waals surface area contributed by atoms with Crippen molar-refractivity contribution < 1.29 is 9.59 Å². The van der Waals surface area contributed by atoms with Crippen molar-refractivity contribution in [3.05, 3.63) is 106 Å². The molecule has 0 radical (unpaired) electrons. The third-order valence-electron chi connectivity index (χ3n) is 6.40. The Labute approximate surface area is 219 Å². The number of nitrogens with zero attached hydrogens (tertiary/aromatic N) is 3. The third-order valence-corrected chi connectivity index (χ3v) is 6.99. The van der Waals surface area contributed by atoms with E-state index in [0.717, 1.165) is 38.6 Å². The van der Waals surface area contributed by atoms with Gasteiger partial charge >= 0.3 is 0 Å². The second-order valence-corrected chi connectivity index (χ2v) is 9.81. The summed E-state index contributed by atoms with van der Waals surface area (Å²) < 4.78 is 1.78. The van der Waals surface area contributed by atoms with Gasteiger partial charge in [-0.15, -0.1) is 11.3 Å². The third kappa shape index (κ3) is 5.29. The van der Waals surface area contributed by atoms with Gasteiger partial charge in [0.25, 0.3) is 11.8 Å². The molecule has 0 saturated heterocycles. The summed E-state index contributed by atoms with van der Waals surface area (Å²) in [5, 5.41) is 14.3. The van der Waals surface area contributed by atoms with Crippen LogP contribution < -0.4 is 10.6 Å². The van der Waals surface area contributed by atoms with Crippen LogP contribution in [0.2, 0.25) is 0 Å². The first-order valence-electron chi connectivity index (χ1n) is 12.0. The fraction of sp³-hybridized carbons (Fsp3) is 0.172. The highest BCUT2D eigenvalue weighted by atomic mass is 32.1. The molecule has 0 fully saturated rings. The van der Waals surface area contributed by atoms with Crippen molar-refractivity contribution in [1.29, 1.82) is 0 Å². The van der Waals surface area contributed by atoms with Gasteiger partial charge in [-0.2, -0.15) is 5.10 Å². The largest absolute Gasteiger partial charge is 0.347 e. The normalized spacial score (nSPS) is 11.9. The van der Waals surface area contributed by atoms with Crippen LogP contribution in [-0.4, -0.2) is 26.6 Å². The Hall–Kier alpha value is -4.30. The van der Waals surface area contributed by atoms with Crippen LogP contribution in [0.5, 0.6) is 0 Å². The highest BCUT2D eigenvalue weighted by Crippen LogP contribution is 2.31. The van der Waals surface area contributed by atoms with Gasteiger partial charge < -0.3 is 10.6 Å². The van der Waals surface area contributed by atoms with Crippen LogP contribution in [0.25, 0.3) is 21.9 Å². The van der Waals surface area contributed by atoms with Gasteiger partial charge in [-0.1, -0.05) is 36.4 Å². The van der Waals surface area contributed by atoms with E-state index in [0.29, 0.717) is 17.8 Å². The Morgan fingerprint density at radius 2 is 1.89 bits per heavy atom. The molecule has 2 heterocycles. The molecule has 5 rings (SSSR count). The lowest BCUT2D eigenvalue weighted by atomic mass is 9.94. The van der Waals surface area contributed by atoms with E-state index >= 15 is 0 Å². The molecule has 186 valence electrons. The summed E-state index contributed by atoms with van der Waals surface area (Å²) in [5.74, 6) is -0.353. The summed E-state index contributed by atoms with van der Waals surface area (Å²) in [6.07, 6.45) is 3.84. The lowest BCUT2D eigenvalue weighted by Gasteiger charge is -2.19. The number of benzene rings is 3. The monoisotopic (exact) mass is 509 g/mol. The van der Waals surface area contributed by atoms with E-state index in [4.69, 9.17) is 0 Å². The Morgan fingerprint density at radius 1 is 1.05 bits per heavy atom. The van der Waals surface area contributed by atoms with Gasteiger partial charge in [0.05, 0.1) is 17.7 Å². The number of thiazole rings is 1. The number of amides is 2. The first kappa shape index (κ1) is 24.4. The average Bonchev–Trinajstić information content (AvgIpc) is 3.59. The Kier molecular flexibility index (Phi) is 6.83. The molecular weight excluding hydrogens is 482 g/mol. The first-order valence-corrected chi connectivity index (χ1v) is 12.9. The number of carbonyl (C=O) groups excluding carboxylic acids is 2. The van der Waals surface area contributed by atoms with Crippen molar-refractivity contribution in [2.24, 2.45) is 7.05 Å². The topological polar surface area (TPSA) is 88.9 Å². The number of aryl methyl sites for hydroxylation is 2. The van der Waals surface area contributed by atoms with Crippen LogP contribution >= 0.6 is 11.3 Å². The molecule has 8 heteroatoms. The van der Waals surface area contributed by atoms with E-state index in [1.165, 1.54) is 11.3 Å². The predicted molar refractivity (Wildman–Crippen MR) is 146 cm³/mol. The fourth-order valence-corrected chi connectivity index (χ4v) is 5.01. The zero-order valence-electron chi connectivity index (χ0n) is 20.9. The highest BCUT2D eigenvalue weighted by molar-refractivity contribution is 7.07. The van der Waals surface area contributed by atoms with Crippen molar-refractivity contribution in [1.82, 2.24) is 25.4 Å². The van der Waals surface area contributed by atoms with E-state index in [-0.39, 0.29) is 17.9 Å². The number of hydrogen-bond acceptors (Lipinski definition) is 5. The average molecular weight is 510 g/mol. The molecule has 3 aromatic carbocycles. The van der Waals surface area contributed by atoms with Crippen molar-refractivity contribution in [3.8, 4) is 11.1 Å². The minimum absolute atomic E-state index is 0.140. The summed E-state index contributed by atoms with van der Waals surface area (Å²) in [5.41, 5.74) is 7.54. The van der Waals surface area contributed by atoms with Crippen molar-refractivity contribution in [2.75, 3.05) is 0 Å². The van der Waals surface area contributed by atoms with Gasteiger partial charge in [0.2, 0.25) is 0 Å². The molecule has 5 aromatic rings. The molecule has 0 aliphatic carbocycles. The van der Waals surface area contributed by atoms with E-state index < -0.39 is 0 Å². The smallest absolute Gasteiger partial charge is 0.271 e. The second kappa shape index (κ2) is 10.4. The van der Waals surface area contributed by atoms with Crippen molar-refractivity contribution in [2.45, 2.75) is 26.4 Å². The Morgan fingerprint density at radius 3 is 2.62 bits per heavy atom. The second-order valence-electron chi connectivity index (χ2n) is 9.09. The van der Waals surface area contributed by atoms with Gasteiger partial charge in [-0.3, -0.25) is 14.3 Å². The number of nitrogens with one attached hydrogen (secondary N) is 2. The van der Waals surface area contributed by atoms with Crippen molar-refractivity contribution >= 4 is 33.9 Å². The molecule has 0 aliphatic heterocycles. The number of rotatable bonds is 7. The molecular formula is C29H27N5O2S. The van der Waals surface area contributed by atoms with Gasteiger partial charge in [-0.05, 0) is 65.1 Å². The van der Waals surface area contributed by atoms with Crippen LogP contribution in [0.4, 0.5) is 0 Å². The molecule has 0 bridgehead atoms. The van der Waals surface area contributed by atoms with Gasteiger partial charge in [0.1, 0.15) is 5.69 Å². The number of aromatic nitrogens is 3. The molecule has 0 aliphatic rings. The van der Waals surface area contributed by atoms with Gasteiger partial charge in [0.15, 0.2) is 0 Å². The quantitative estimate of drug-likeness (QED) is 0.306. The summed E-state index contributed by atoms with van der Waals surface area (Å²) >= 11 is 1.38. The lowest BCUT2D eigenvalue weighted by molar-refractivity contribution is 0.0933. The minimum Gasteiger partial charge on any atom is -0.347 e. The van der Waals surface area contributed by atoms with Gasteiger partial charge in [0, 0.05) is 36.3 Å². The maximum atomic E-state index is 13.3. The summed E-state index contributed by atoms with van der Waals surface area (Å²) in [7, 11) is 1.90. The molecule has 2 N–H and O–H groups in total. The molecule has 7 nitrogen and oxygen atoms in total. The van der Waals surface area contributed by atoms with Crippen LogP contribution in [0.15, 0.2) is 77.9 Å². The maximum absolute atomic E-state index is 13.3. The standard InChI is InChI=1S/C29H27N5O2S/c1-18-10-20(13-30-29(36)27-16-37-17-31-27)8-9-24(18)28(35)33-19(2)26-12-22(23-14-32-34(3)15-23)11-21-6-4-5-7-25(21)26/h4-12,14-17,19H,13H2,1-3H3,(H,30,36)(H,33,35). The Bertz CT molecular complexity index is 1590. The minimum atomic E-state index is -0.217. The van der Waals surface area contributed by atoms with Crippen LogP contribution in [0.1, 0.15) is 50.5 Å². The van der Waals surface area contributed by atoms with Gasteiger partial charge in [-0.25, -0.2) is 4.98 Å². The summed E-state index contributed by atoms with van der Waals surface area (Å²) in [6, 6.07) is 17.9. The van der Waals surface area contributed by atoms with Crippen LogP contribution in [-0.2, 0) is 13.6 Å². The molecule has 0 saturated carbocycles. The molecule has 2 aromatic heterocycles. The zero-order chi connectivity index (χ0) is 25.9. The van der Waals surface area contributed by atoms with E-state index in [9.17, 15) is 9.59 Å². The molecule has 37 heavy (non-hydrogen) atoms. The predicted octanol–water partition coefficient (Wildman–Crippen LogP) is 5.43. The number of fused-ring (bicyclic) bond motifs is 1. The first-order chi connectivity index (χ1) is 17.9. The van der Waals surface area contributed by atoms with E-state index in [1.807, 2.05) is 63.6 Å². The lowest BCUT2D eigenvalue weighted by Crippen LogP contribution is -2.27. The molecule has 0 spiro atoms. The van der Waals surface area contributed by atoms with Crippen LogP contribution in [0, 0.1) is 6.92 Å². The van der Waals surface area contributed by atoms with Crippen molar-refractivity contribution in [3.63, 3.8) is 0 Å². The van der Waals surface area contributed by atoms with E-state index in [2.05, 4.69) is 45.0 Å². The molecule has 1 atom stereocenters. The maximum Gasteiger partial charge on any atom is 0.271 e.